The standard InChI is InChI=1S/C23H28N4O3S/c1-5-6-7-18(23(29)30)27-21(28)17-10-8-16(9-11-17)12-24-20-19-13(2)14(3)31-22(19)26-15(4)25-20/h8-11,18H,5-7,12H2,1-4H3,(H,27,28)(H,29,30)(H,24,25,26). The summed E-state index contributed by atoms with van der Waals surface area (Å²) >= 11 is 1.67. The van der Waals surface area contributed by atoms with Gasteiger partial charge in [0.1, 0.15) is 22.5 Å². The van der Waals surface area contributed by atoms with Crippen LogP contribution in [0, 0.1) is 20.8 Å². The molecule has 0 aliphatic rings. The smallest absolute Gasteiger partial charge is 0.326 e. The maximum absolute atomic E-state index is 12.4. The zero-order valence-corrected chi connectivity index (χ0v) is 19.1. The number of aliphatic carboxylic acids is 1. The lowest BCUT2D eigenvalue weighted by molar-refractivity contribution is -0.139. The fraction of sp³-hybridized carbons (Fsp3) is 0.391. The molecule has 0 aliphatic heterocycles. The molecule has 0 spiro atoms. The van der Waals surface area contributed by atoms with Crippen molar-refractivity contribution < 1.29 is 14.7 Å². The highest BCUT2D eigenvalue weighted by Crippen LogP contribution is 2.33. The van der Waals surface area contributed by atoms with Crippen molar-refractivity contribution >= 4 is 39.2 Å². The Labute approximate surface area is 185 Å². The third-order valence-electron chi connectivity index (χ3n) is 5.27. The number of aryl methyl sites for hydroxylation is 3. The van der Waals surface area contributed by atoms with Crippen molar-refractivity contribution in [1.29, 1.82) is 0 Å². The Hall–Kier alpha value is -3.00. The molecule has 3 aromatic rings. The second-order valence-electron chi connectivity index (χ2n) is 7.64. The summed E-state index contributed by atoms with van der Waals surface area (Å²) in [5, 5.41) is 16.4. The van der Waals surface area contributed by atoms with Gasteiger partial charge in [-0.05, 0) is 50.5 Å². The van der Waals surface area contributed by atoms with E-state index in [-0.39, 0.29) is 5.91 Å². The third-order valence-corrected chi connectivity index (χ3v) is 6.37. The number of nitrogens with zero attached hydrogens (tertiary/aromatic N) is 2. The van der Waals surface area contributed by atoms with E-state index in [1.165, 1.54) is 10.4 Å². The van der Waals surface area contributed by atoms with Crippen LogP contribution >= 0.6 is 11.3 Å². The lowest BCUT2D eigenvalue weighted by Crippen LogP contribution is -2.40. The van der Waals surface area contributed by atoms with E-state index < -0.39 is 12.0 Å². The average molecular weight is 441 g/mol. The Kier molecular flexibility index (Phi) is 7.22. The van der Waals surface area contributed by atoms with Gasteiger partial charge in [-0.2, -0.15) is 0 Å². The molecule has 0 radical (unpaired) electrons. The summed E-state index contributed by atoms with van der Waals surface area (Å²) in [4.78, 5) is 35.1. The fourth-order valence-electron chi connectivity index (χ4n) is 3.35. The van der Waals surface area contributed by atoms with Crippen molar-refractivity contribution in [3.8, 4) is 0 Å². The Morgan fingerprint density at radius 3 is 2.48 bits per heavy atom. The molecule has 31 heavy (non-hydrogen) atoms. The second kappa shape index (κ2) is 9.87. The molecule has 7 nitrogen and oxygen atoms in total. The predicted octanol–water partition coefficient (Wildman–Crippen LogP) is 4.60. The summed E-state index contributed by atoms with van der Waals surface area (Å²) in [6.07, 6.45) is 2.05. The molecule has 2 aromatic heterocycles. The van der Waals surface area contributed by atoms with Gasteiger partial charge in [0.2, 0.25) is 0 Å². The Bertz CT molecular complexity index is 1090. The number of aromatic nitrogens is 2. The minimum absolute atomic E-state index is 0.375. The van der Waals surface area contributed by atoms with Gasteiger partial charge in [0.05, 0.1) is 5.39 Å². The van der Waals surface area contributed by atoms with Crippen LogP contribution < -0.4 is 10.6 Å². The number of carboxylic acid groups (broad SMARTS) is 1. The van der Waals surface area contributed by atoms with Crippen molar-refractivity contribution in [3.05, 3.63) is 51.7 Å². The summed E-state index contributed by atoms with van der Waals surface area (Å²) in [6.45, 7) is 8.59. The molecule has 0 saturated carbocycles. The lowest BCUT2D eigenvalue weighted by atomic mass is 10.1. The quantitative estimate of drug-likeness (QED) is 0.449. The highest BCUT2D eigenvalue weighted by Gasteiger charge is 2.20. The van der Waals surface area contributed by atoms with E-state index in [0.29, 0.717) is 18.5 Å². The number of unbranched alkanes of at least 4 members (excludes halogenated alkanes) is 1. The van der Waals surface area contributed by atoms with E-state index in [2.05, 4.69) is 34.4 Å². The van der Waals surface area contributed by atoms with Gasteiger partial charge in [0.15, 0.2) is 0 Å². The van der Waals surface area contributed by atoms with Crippen LogP contribution in [0.2, 0.25) is 0 Å². The number of carbonyl (C=O) groups excluding carboxylic acids is 1. The molecule has 8 heteroatoms. The molecule has 3 rings (SSSR count). The number of hydrogen-bond donors (Lipinski definition) is 3. The predicted molar refractivity (Wildman–Crippen MR) is 124 cm³/mol. The minimum Gasteiger partial charge on any atom is -0.480 e. The average Bonchev–Trinajstić information content (AvgIpc) is 3.02. The molecule has 1 aromatic carbocycles. The summed E-state index contributed by atoms with van der Waals surface area (Å²) in [5.74, 6) is 0.152. The molecule has 1 unspecified atom stereocenters. The highest BCUT2D eigenvalue weighted by molar-refractivity contribution is 7.18. The van der Waals surface area contributed by atoms with Crippen LogP contribution in [0.25, 0.3) is 10.2 Å². The summed E-state index contributed by atoms with van der Waals surface area (Å²) < 4.78 is 0. The van der Waals surface area contributed by atoms with Gasteiger partial charge in [0.25, 0.3) is 5.91 Å². The number of hydrogen-bond acceptors (Lipinski definition) is 6. The van der Waals surface area contributed by atoms with Crippen LogP contribution in [-0.4, -0.2) is 33.0 Å². The maximum atomic E-state index is 12.4. The van der Waals surface area contributed by atoms with Gasteiger partial charge < -0.3 is 15.7 Å². The molecule has 3 N–H and O–H groups in total. The van der Waals surface area contributed by atoms with Crippen molar-refractivity contribution in [2.24, 2.45) is 0 Å². The number of benzene rings is 1. The van der Waals surface area contributed by atoms with Gasteiger partial charge >= 0.3 is 5.97 Å². The summed E-state index contributed by atoms with van der Waals surface area (Å²) in [7, 11) is 0. The Morgan fingerprint density at radius 2 is 1.84 bits per heavy atom. The number of carbonyl (C=O) groups is 2. The normalized spacial score (nSPS) is 12.0. The molecule has 0 aliphatic carbocycles. The molecule has 2 heterocycles. The van der Waals surface area contributed by atoms with Crippen molar-refractivity contribution in [2.75, 3.05) is 5.32 Å². The minimum atomic E-state index is -1.01. The number of thiophene rings is 1. The molecule has 1 amide bonds. The molecule has 0 saturated heterocycles. The number of fused-ring (bicyclic) bond motifs is 1. The molecule has 0 bridgehead atoms. The molecule has 0 fully saturated rings. The third kappa shape index (κ3) is 5.38. The van der Waals surface area contributed by atoms with Crippen LogP contribution in [0.15, 0.2) is 24.3 Å². The number of nitrogens with one attached hydrogen (secondary N) is 2. The largest absolute Gasteiger partial charge is 0.480 e. The van der Waals surface area contributed by atoms with Crippen LogP contribution in [0.1, 0.15) is 58.4 Å². The zero-order chi connectivity index (χ0) is 22.5. The number of carboxylic acids is 1. The van der Waals surface area contributed by atoms with Crippen LogP contribution in [0.5, 0.6) is 0 Å². The maximum Gasteiger partial charge on any atom is 0.326 e. The number of anilines is 1. The Morgan fingerprint density at radius 1 is 1.13 bits per heavy atom. The lowest BCUT2D eigenvalue weighted by Gasteiger charge is -2.14. The van der Waals surface area contributed by atoms with Crippen LogP contribution in [0.3, 0.4) is 0 Å². The van der Waals surface area contributed by atoms with E-state index in [1.54, 1.807) is 23.5 Å². The van der Waals surface area contributed by atoms with Crippen LogP contribution in [0.4, 0.5) is 5.82 Å². The highest BCUT2D eigenvalue weighted by atomic mass is 32.1. The molecule has 1 atom stereocenters. The van der Waals surface area contributed by atoms with E-state index >= 15 is 0 Å². The molecular formula is C23H28N4O3S. The van der Waals surface area contributed by atoms with Crippen molar-refractivity contribution in [3.63, 3.8) is 0 Å². The van der Waals surface area contributed by atoms with Gasteiger partial charge in [-0.3, -0.25) is 4.79 Å². The van der Waals surface area contributed by atoms with Gasteiger partial charge in [-0.15, -0.1) is 11.3 Å². The first-order valence-electron chi connectivity index (χ1n) is 10.4. The first-order valence-corrected chi connectivity index (χ1v) is 11.2. The first-order chi connectivity index (χ1) is 14.8. The topological polar surface area (TPSA) is 104 Å². The van der Waals surface area contributed by atoms with Crippen molar-refractivity contribution in [1.82, 2.24) is 15.3 Å². The SMILES string of the molecule is CCCCC(NC(=O)c1ccc(CNc2nc(C)nc3sc(C)c(C)c23)cc1)C(=O)O. The number of amides is 1. The van der Waals surface area contributed by atoms with Crippen molar-refractivity contribution in [2.45, 2.75) is 59.5 Å². The Balaban J connectivity index is 1.68. The van der Waals surface area contributed by atoms with Gasteiger partial charge in [-0.1, -0.05) is 31.9 Å². The first kappa shape index (κ1) is 22.7. The monoisotopic (exact) mass is 440 g/mol. The summed E-state index contributed by atoms with van der Waals surface area (Å²) in [5.41, 5.74) is 2.62. The number of rotatable bonds is 9. The second-order valence-corrected chi connectivity index (χ2v) is 8.84. The van der Waals surface area contributed by atoms with Gasteiger partial charge in [0, 0.05) is 17.0 Å². The summed E-state index contributed by atoms with van der Waals surface area (Å²) in [6, 6.07) is 6.29. The van der Waals surface area contributed by atoms with E-state index in [1.807, 2.05) is 26.0 Å². The van der Waals surface area contributed by atoms with E-state index in [0.717, 1.165) is 40.3 Å². The zero-order valence-electron chi connectivity index (χ0n) is 18.3. The van der Waals surface area contributed by atoms with Gasteiger partial charge in [-0.25, -0.2) is 14.8 Å². The fourth-order valence-corrected chi connectivity index (χ4v) is 4.43. The van der Waals surface area contributed by atoms with Crippen LogP contribution in [-0.2, 0) is 11.3 Å². The van der Waals surface area contributed by atoms with E-state index in [4.69, 9.17) is 0 Å². The molecule has 164 valence electrons. The van der Waals surface area contributed by atoms with E-state index in [9.17, 15) is 14.7 Å². The molecular weight excluding hydrogens is 412 g/mol.